The van der Waals surface area contributed by atoms with Crippen LogP contribution in [0.4, 0.5) is 5.69 Å². The summed E-state index contributed by atoms with van der Waals surface area (Å²) in [5.74, 6) is 0. The topological polar surface area (TPSA) is 89.8 Å². The molecular formula is C14H20N2O5S. The molecule has 1 fully saturated rings. The van der Waals surface area contributed by atoms with E-state index in [0.717, 1.165) is 0 Å². The molecule has 0 spiro atoms. The Hall–Kier alpha value is -1.51. The second kappa shape index (κ2) is 5.60. The van der Waals surface area contributed by atoms with Crippen molar-refractivity contribution in [2.45, 2.75) is 44.3 Å². The largest absolute Gasteiger partial charge is 0.370 e. The van der Waals surface area contributed by atoms with Crippen molar-refractivity contribution in [1.82, 2.24) is 4.31 Å². The van der Waals surface area contributed by atoms with E-state index in [1.807, 2.05) is 20.8 Å². The quantitative estimate of drug-likeness (QED) is 0.626. The molecule has 0 saturated carbocycles. The van der Waals surface area contributed by atoms with Crippen LogP contribution < -0.4 is 0 Å². The molecule has 0 aliphatic carbocycles. The van der Waals surface area contributed by atoms with Crippen LogP contribution in [0.1, 0.15) is 26.3 Å². The highest BCUT2D eigenvalue weighted by Gasteiger charge is 2.39. The van der Waals surface area contributed by atoms with Gasteiger partial charge in [0.1, 0.15) is 0 Å². The zero-order valence-electron chi connectivity index (χ0n) is 13.1. The van der Waals surface area contributed by atoms with E-state index >= 15 is 0 Å². The lowest BCUT2D eigenvalue weighted by Gasteiger charge is -2.41. The van der Waals surface area contributed by atoms with Gasteiger partial charge in [-0.1, -0.05) is 6.07 Å². The third kappa shape index (κ3) is 3.13. The molecular weight excluding hydrogens is 308 g/mol. The van der Waals surface area contributed by atoms with Crippen LogP contribution in [0, 0.1) is 17.0 Å². The summed E-state index contributed by atoms with van der Waals surface area (Å²) in [4.78, 5) is 10.4. The van der Waals surface area contributed by atoms with Crippen LogP contribution in [0.25, 0.3) is 0 Å². The number of nitrogens with zero attached hydrogens (tertiary/aromatic N) is 2. The van der Waals surface area contributed by atoms with Gasteiger partial charge in [-0.05, 0) is 33.8 Å². The maximum atomic E-state index is 12.9. The molecule has 0 amide bonds. The van der Waals surface area contributed by atoms with Gasteiger partial charge in [0, 0.05) is 24.7 Å². The van der Waals surface area contributed by atoms with Crippen LogP contribution in [-0.2, 0) is 14.8 Å². The second-order valence-corrected chi connectivity index (χ2v) is 8.05. The van der Waals surface area contributed by atoms with E-state index in [9.17, 15) is 18.5 Å². The van der Waals surface area contributed by atoms with Gasteiger partial charge in [-0.15, -0.1) is 0 Å². The molecule has 1 heterocycles. The van der Waals surface area contributed by atoms with Gasteiger partial charge < -0.3 is 4.74 Å². The molecule has 0 N–H and O–H groups in total. The SMILES string of the molecule is Cc1c([N+](=O)[O-])cccc1S(=O)(=O)N1CC(C)OC(C)(C)C1. The lowest BCUT2D eigenvalue weighted by molar-refractivity contribution is -0.385. The van der Waals surface area contributed by atoms with Crippen LogP contribution in [0.15, 0.2) is 23.1 Å². The van der Waals surface area contributed by atoms with Crippen molar-refractivity contribution in [1.29, 1.82) is 0 Å². The molecule has 1 aromatic carbocycles. The van der Waals surface area contributed by atoms with Crippen LogP contribution >= 0.6 is 0 Å². The highest BCUT2D eigenvalue weighted by atomic mass is 32.2. The Balaban J connectivity index is 2.47. The number of sulfonamides is 1. The van der Waals surface area contributed by atoms with Crippen molar-refractivity contribution in [3.05, 3.63) is 33.9 Å². The van der Waals surface area contributed by atoms with Gasteiger partial charge in [0.05, 0.1) is 21.5 Å². The molecule has 1 atom stereocenters. The number of hydrogen-bond donors (Lipinski definition) is 0. The van der Waals surface area contributed by atoms with E-state index in [0.29, 0.717) is 0 Å². The number of rotatable bonds is 3. The van der Waals surface area contributed by atoms with Gasteiger partial charge >= 0.3 is 0 Å². The second-order valence-electron chi connectivity index (χ2n) is 6.14. The maximum Gasteiger partial charge on any atom is 0.273 e. The zero-order valence-corrected chi connectivity index (χ0v) is 13.9. The summed E-state index contributed by atoms with van der Waals surface area (Å²) < 4.78 is 32.8. The highest BCUT2D eigenvalue weighted by Crippen LogP contribution is 2.30. The van der Waals surface area contributed by atoms with Crippen LogP contribution in [0.3, 0.4) is 0 Å². The Labute approximate surface area is 130 Å². The summed E-state index contributed by atoms with van der Waals surface area (Å²) >= 11 is 0. The number of nitro groups is 1. The molecule has 122 valence electrons. The average molecular weight is 328 g/mol. The molecule has 1 aliphatic heterocycles. The molecule has 1 unspecified atom stereocenters. The van der Waals surface area contributed by atoms with Crippen molar-refractivity contribution < 1.29 is 18.1 Å². The minimum atomic E-state index is -3.80. The van der Waals surface area contributed by atoms with Crippen molar-refractivity contribution in [2.24, 2.45) is 0 Å². The Kier molecular flexibility index (Phi) is 4.29. The van der Waals surface area contributed by atoms with Crippen LogP contribution in [-0.4, -0.2) is 42.4 Å². The molecule has 0 radical (unpaired) electrons. The van der Waals surface area contributed by atoms with Crippen LogP contribution in [0.2, 0.25) is 0 Å². The van der Waals surface area contributed by atoms with E-state index in [2.05, 4.69) is 0 Å². The van der Waals surface area contributed by atoms with E-state index in [1.165, 1.54) is 29.4 Å². The standard InChI is InChI=1S/C14H20N2O5S/c1-10-8-15(9-14(3,4)21-10)22(19,20)13-7-5-6-12(11(13)2)16(17)18/h5-7,10H,8-9H2,1-4H3. The Bertz CT molecular complexity index is 699. The fourth-order valence-corrected chi connectivity index (χ4v) is 4.70. The van der Waals surface area contributed by atoms with E-state index < -0.39 is 20.5 Å². The smallest absolute Gasteiger partial charge is 0.273 e. The third-order valence-electron chi connectivity index (χ3n) is 3.61. The van der Waals surface area contributed by atoms with Gasteiger partial charge in [0.25, 0.3) is 5.69 Å². The monoisotopic (exact) mass is 328 g/mol. The minimum absolute atomic E-state index is 0.0217. The lowest BCUT2D eigenvalue weighted by atomic mass is 10.1. The Morgan fingerprint density at radius 1 is 1.41 bits per heavy atom. The first kappa shape index (κ1) is 16.9. The maximum absolute atomic E-state index is 12.9. The number of ether oxygens (including phenoxy) is 1. The molecule has 22 heavy (non-hydrogen) atoms. The molecule has 1 aliphatic rings. The fourth-order valence-electron chi connectivity index (χ4n) is 2.80. The molecule has 8 heteroatoms. The van der Waals surface area contributed by atoms with Crippen molar-refractivity contribution >= 4 is 15.7 Å². The summed E-state index contributed by atoms with van der Waals surface area (Å²) in [6, 6.07) is 4.11. The number of nitro benzene ring substituents is 1. The third-order valence-corrected chi connectivity index (χ3v) is 5.56. The van der Waals surface area contributed by atoms with Gasteiger partial charge in [-0.25, -0.2) is 8.42 Å². The molecule has 1 aromatic rings. The average Bonchev–Trinajstić information content (AvgIpc) is 2.35. The van der Waals surface area contributed by atoms with E-state index in [1.54, 1.807) is 0 Å². The summed E-state index contributed by atoms with van der Waals surface area (Å²) in [6.45, 7) is 7.36. The first-order chi connectivity index (χ1) is 10.0. The Morgan fingerprint density at radius 3 is 2.59 bits per heavy atom. The molecule has 0 bridgehead atoms. The lowest BCUT2D eigenvalue weighted by Crippen LogP contribution is -2.53. The summed E-state index contributed by atoms with van der Waals surface area (Å²) in [5.41, 5.74) is -0.634. The molecule has 0 aromatic heterocycles. The van der Waals surface area contributed by atoms with Gasteiger partial charge in [0.2, 0.25) is 10.0 Å². The van der Waals surface area contributed by atoms with Crippen molar-refractivity contribution in [3.63, 3.8) is 0 Å². The van der Waals surface area contributed by atoms with Gasteiger partial charge in [-0.2, -0.15) is 4.31 Å². The first-order valence-corrected chi connectivity index (χ1v) is 8.40. The number of benzene rings is 1. The fraction of sp³-hybridized carbons (Fsp3) is 0.571. The zero-order chi connectivity index (χ0) is 16.7. The predicted molar refractivity (Wildman–Crippen MR) is 81.2 cm³/mol. The van der Waals surface area contributed by atoms with Crippen molar-refractivity contribution in [3.8, 4) is 0 Å². The first-order valence-electron chi connectivity index (χ1n) is 6.96. The summed E-state index contributed by atoms with van der Waals surface area (Å²) in [7, 11) is -3.80. The normalized spacial score (nSPS) is 22.5. The summed E-state index contributed by atoms with van der Waals surface area (Å²) in [6.07, 6.45) is -0.238. The minimum Gasteiger partial charge on any atom is -0.370 e. The van der Waals surface area contributed by atoms with Gasteiger partial charge in [-0.3, -0.25) is 10.1 Å². The van der Waals surface area contributed by atoms with E-state index in [4.69, 9.17) is 4.74 Å². The molecule has 2 rings (SSSR count). The summed E-state index contributed by atoms with van der Waals surface area (Å²) in [5, 5.41) is 11.0. The van der Waals surface area contributed by atoms with Crippen LogP contribution in [0.5, 0.6) is 0 Å². The number of hydrogen-bond acceptors (Lipinski definition) is 5. The Morgan fingerprint density at radius 2 is 2.05 bits per heavy atom. The number of morpholine rings is 1. The molecule has 7 nitrogen and oxygen atoms in total. The van der Waals surface area contributed by atoms with E-state index in [-0.39, 0.29) is 35.3 Å². The predicted octanol–water partition coefficient (Wildman–Crippen LogP) is 2.09. The van der Waals surface area contributed by atoms with Crippen molar-refractivity contribution in [2.75, 3.05) is 13.1 Å². The van der Waals surface area contributed by atoms with Gasteiger partial charge in [0.15, 0.2) is 0 Å². The molecule has 1 saturated heterocycles. The highest BCUT2D eigenvalue weighted by molar-refractivity contribution is 7.89.